The molecule has 2 aromatic carbocycles. The maximum absolute atomic E-state index is 13.3. The molecule has 8 heteroatoms. The van der Waals surface area contributed by atoms with E-state index < -0.39 is 29.6 Å². The fourth-order valence-corrected chi connectivity index (χ4v) is 5.73. The standard InChI is InChI=1S/C26H28N2O6/c1-33-11-10-22(23(29)28-14-16-12-26(28,13-16)24(30)31)27-25(32)34-15-21-19-8-4-2-6-17(19)18-7-3-5-9-20(18)21/h2-9,16,21-22H,10-15H2,1H3,(H,27,32)(H,30,31). The first-order valence-corrected chi connectivity index (χ1v) is 11.6. The summed E-state index contributed by atoms with van der Waals surface area (Å²) in [5.74, 6) is -1.26. The average molecular weight is 465 g/mol. The van der Waals surface area contributed by atoms with Crippen molar-refractivity contribution in [1.29, 1.82) is 0 Å². The molecule has 0 radical (unpaired) electrons. The number of carbonyl (C=O) groups excluding carboxylic acids is 2. The van der Waals surface area contributed by atoms with E-state index in [-0.39, 0.29) is 31.5 Å². The second-order valence-electron chi connectivity index (χ2n) is 9.36. The van der Waals surface area contributed by atoms with E-state index in [1.807, 2.05) is 36.4 Å². The van der Waals surface area contributed by atoms with Gasteiger partial charge in [-0.3, -0.25) is 4.79 Å². The number of carbonyl (C=O) groups is 3. The number of hydrogen-bond acceptors (Lipinski definition) is 5. The monoisotopic (exact) mass is 464 g/mol. The van der Waals surface area contributed by atoms with Crippen LogP contribution in [0.1, 0.15) is 36.3 Å². The van der Waals surface area contributed by atoms with Crippen LogP contribution in [-0.2, 0) is 19.1 Å². The Morgan fingerprint density at radius 1 is 1.09 bits per heavy atom. The summed E-state index contributed by atoms with van der Waals surface area (Å²) < 4.78 is 10.7. The van der Waals surface area contributed by atoms with Gasteiger partial charge >= 0.3 is 12.1 Å². The Hall–Kier alpha value is -3.39. The molecule has 2 bridgehead atoms. The topological polar surface area (TPSA) is 105 Å². The third kappa shape index (κ3) is 3.62. The molecule has 8 nitrogen and oxygen atoms in total. The average Bonchev–Trinajstić information content (AvgIpc) is 3.48. The number of ether oxygens (including phenoxy) is 2. The van der Waals surface area contributed by atoms with Crippen molar-refractivity contribution in [3.05, 3.63) is 59.7 Å². The molecule has 0 spiro atoms. The predicted molar refractivity (Wildman–Crippen MR) is 123 cm³/mol. The molecule has 1 atom stereocenters. The Morgan fingerprint density at radius 2 is 1.71 bits per heavy atom. The minimum absolute atomic E-state index is 0.0904. The molecular weight excluding hydrogens is 436 g/mol. The van der Waals surface area contributed by atoms with Crippen molar-refractivity contribution < 1.29 is 29.0 Å². The SMILES string of the molecule is COCCC(NC(=O)OCC1c2ccccc2-c2ccccc21)C(=O)N1CC2CC1(C(=O)O)C2. The zero-order chi connectivity index (χ0) is 23.9. The number of carboxylic acid groups (broad SMARTS) is 1. The number of nitrogens with zero attached hydrogens (tertiary/aromatic N) is 1. The van der Waals surface area contributed by atoms with E-state index in [9.17, 15) is 19.5 Å². The number of alkyl carbamates (subject to hydrolysis) is 1. The molecule has 2 amide bonds. The number of hydrogen-bond donors (Lipinski definition) is 2. The van der Waals surface area contributed by atoms with Crippen molar-refractivity contribution >= 4 is 18.0 Å². The molecule has 34 heavy (non-hydrogen) atoms. The molecule has 2 saturated heterocycles. The summed E-state index contributed by atoms with van der Waals surface area (Å²) in [4.78, 5) is 39.3. The van der Waals surface area contributed by atoms with Crippen molar-refractivity contribution in [2.45, 2.75) is 36.8 Å². The lowest BCUT2D eigenvalue weighted by molar-refractivity contribution is -0.159. The van der Waals surface area contributed by atoms with Gasteiger partial charge in [0.25, 0.3) is 0 Å². The normalized spacial score (nSPS) is 23.0. The van der Waals surface area contributed by atoms with E-state index in [1.165, 1.54) is 12.0 Å². The van der Waals surface area contributed by atoms with Crippen LogP contribution >= 0.6 is 0 Å². The largest absolute Gasteiger partial charge is 0.479 e. The second kappa shape index (κ2) is 8.76. The Bertz CT molecular complexity index is 1080. The van der Waals surface area contributed by atoms with Crippen LogP contribution in [0.5, 0.6) is 0 Å². The first-order chi connectivity index (χ1) is 16.4. The maximum Gasteiger partial charge on any atom is 0.407 e. The highest BCUT2D eigenvalue weighted by molar-refractivity contribution is 5.93. The first kappa shape index (κ1) is 22.4. The van der Waals surface area contributed by atoms with Crippen LogP contribution < -0.4 is 5.32 Å². The molecule has 2 N–H and O–H groups in total. The van der Waals surface area contributed by atoms with E-state index in [4.69, 9.17) is 9.47 Å². The highest BCUT2D eigenvalue weighted by Crippen LogP contribution is 2.51. The molecule has 1 saturated carbocycles. The molecule has 4 aliphatic rings. The molecule has 0 aromatic heterocycles. The number of rotatable bonds is 8. The van der Waals surface area contributed by atoms with Gasteiger partial charge in [-0.05, 0) is 41.0 Å². The lowest BCUT2D eigenvalue weighted by Gasteiger charge is -2.39. The summed E-state index contributed by atoms with van der Waals surface area (Å²) in [5, 5.41) is 12.4. The van der Waals surface area contributed by atoms with E-state index in [0.717, 1.165) is 22.3 Å². The minimum Gasteiger partial charge on any atom is -0.479 e. The molecule has 2 aromatic rings. The fourth-order valence-electron chi connectivity index (χ4n) is 5.73. The van der Waals surface area contributed by atoms with E-state index in [0.29, 0.717) is 19.4 Å². The van der Waals surface area contributed by atoms with E-state index in [1.54, 1.807) is 0 Å². The summed E-state index contributed by atoms with van der Waals surface area (Å²) >= 11 is 0. The Morgan fingerprint density at radius 3 is 2.29 bits per heavy atom. The van der Waals surface area contributed by atoms with Crippen LogP contribution in [0.2, 0.25) is 0 Å². The van der Waals surface area contributed by atoms with Gasteiger partial charge < -0.3 is 24.8 Å². The summed E-state index contributed by atoms with van der Waals surface area (Å²) in [6.45, 7) is 0.786. The van der Waals surface area contributed by atoms with E-state index >= 15 is 0 Å². The Balaban J connectivity index is 1.27. The molecular formula is C26H28N2O6. The quantitative estimate of drug-likeness (QED) is 0.622. The molecule has 1 unspecified atom stereocenters. The zero-order valence-electron chi connectivity index (χ0n) is 19.0. The molecule has 2 aliphatic heterocycles. The van der Waals surface area contributed by atoms with Gasteiger partial charge in [0.15, 0.2) is 0 Å². The fraction of sp³-hybridized carbons (Fsp3) is 0.423. The van der Waals surface area contributed by atoms with Crippen molar-refractivity contribution in [1.82, 2.24) is 10.2 Å². The summed E-state index contributed by atoms with van der Waals surface area (Å²) in [7, 11) is 1.51. The summed E-state index contributed by atoms with van der Waals surface area (Å²) in [5.41, 5.74) is 3.32. The number of benzene rings is 2. The molecule has 6 rings (SSSR count). The highest BCUT2D eigenvalue weighted by Gasteiger charge is 2.63. The summed E-state index contributed by atoms with van der Waals surface area (Å²) in [6.07, 6.45) is 0.467. The Kier molecular flexibility index (Phi) is 5.77. The van der Waals surface area contributed by atoms with Gasteiger partial charge in [0.05, 0.1) is 0 Å². The van der Waals surface area contributed by atoms with Gasteiger partial charge in [0.2, 0.25) is 5.91 Å². The van der Waals surface area contributed by atoms with Crippen LogP contribution in [-0.4, -0.2) is 66.4 Å². The van der Waals surface area contributed by atoms with Crippen molar-refractivity contribution in [2.24, 2.45) is 5.92 Å². The number of nitrogens with one attached hydrogen (secondary N) is 1. The number of carboxylic acids is 1. The van der Waals surface area contributed by atoms with Gasteiger partial charge in [0, 0.05) is 32.6 Å². The van der Waals surface area contributed by atoms with Crippen molar-refractivity contribution in [2.75, 3.05) is 26.9 Å². The molecule has 178 valence electrons. The van der Waals surface area contributed by atoms with Gasteiger partial charge in [-0.25, -0.2) is 9.59 Å². The molecule has 2 aliphatic carbocycles. The number of methoxy groups -OCH3 is 1. The smallest absolute Gasteiger partial charge is 0.407 e. The number of aliphatic carboxylic acids is 1. The third-order valence-electron chi connectivity index (χ3n) is 7.42. The van der Waals surface area contributed by atoms with Crippen LogP contribution in [0.25, 0.3) is 11.1 Å². The molecule has 3 fully saturated rings. The molecule has 2 heterocycles. The van der Waals surface area contributed by atoms with E-state index in [2.05, 4.69) is 17.4 Å². The van der Waals surface area contributed by atoms with Crippen molar-refractivity contribution in [3.63, 3.8) is 0 Å². The van der Waals surface area contributed by atoms with Gasteiger partial charge in [-0.2, -0.15) is 0 Å². The Labute approximate surface area is 197 Å². The highest BCUT2D eigenvalue weighted by atomic mass is 16.5. The van der Waals surface area contributed by atoms with Gasteiger partial charge in [0.1, 0.15) is 18.2 Å². The lowest BCUT2D eigenvalue weighted by atomic mass is 9.73. The van der Waals surface area contributed by atoms with Crippen LogP contribution in [0.4, 0.5) is 4.79 Å². The van der Waals surface area contributed by atoms with Crippen LogP contribution in [0.3, 0.4) is 0 Å². The third-order valence-corrected chi connectivity index (χ3v) is 7.42. The van der Waals surface area contributed by atoms with Gasteiger partial charge in [-0.1, -0.05) is 48.5 Å². The predicted octanol–water partition coefficient (Wildman–Crippen LogP) is 3.01. The number of amides is 2. The zero-order valence-corrected chi connectivity index (χ0v) is 19.0. The van der Waals surface area contributed by atoms with Gasteiger partial charge in [-0.15, -0.1) is 0 Å². The number of fused-ring (bicyclic) bond motifs is 4. The van der Waals surface area contributed by atoms with Crippen LogP contribution in [0, 0.1) is 5.92 Å². The minimum atomic E-state index is -1.14. The summed E-state index contributed by atoms with van der Waals surface area (Å²) in [6, 6.07) is 15.2. The maximum atomic E-state index is 13.3. The van der Waals surface area contributed by atoms with Crippen molar-refractivity contribution in [3.8, 4) is 11.1 Å². The first-order valence-electron chi connectivity index (χ1n) is 11.6. The second-order valence-corrected chi connectivity index (χ2v) is 9.36. The lowest BCUT2D eigenvalue weighted by Crippen LogP contribution is -2.59. The van der Waals surface area contributed by atoms with Crippen LogP contribution in [0.15, 0.2) is 48.5 Å².